The molecule has 1 amide bonds. The molecule has 16 heavy (non-hydrogen) atoms. The van der Waals surface area contributed by atoms with Gasteiger partial charge >= 0.3 is 6.30 Å². The Balaban J connectivity index is 2.70. The fourth-order valence-electron chi connectivity index (χ4n) is 0.943. The molecule has 0 spiro atoms. The number of nitrogens with zero attached hydrogens (tertiary/aromatic N) is 1. The molecule has 0 radical (unpaired) electrons. The minimum absolute atomic E-state index is 0.197. The molecule has 0 aliphatic carbocycles. The van der Waals surface area contributed by atoms with Crippen LogP contribution in [0.2, 0.25) is 0 Å². The van der Waals surface area contributed by atoms with E-state index in [1.807, 2.05) is 5.32 Å². The van der Waals surface area contributed by atoms with Gasteiger partial charge in [-0.05, 0) is 12.1 Å². The largest absolute Gasteiger partial charge is 0.506 e. The van der Waals surface area contributed by atoms with Gasteiger partial charge in [0.25, 0.3) is 5.91 Å². The van der Waals surface area contributed by atoms with Crippen molar-refractivity contribution in [3.63, 3.8) is 0 Å². The number of amides is 1. The van der Waals surface area contributed by atoms with Gasteiger partial charge in [0, 0.05) is 5.56 Å². The first-order valence-corrected chi connectivity index (χ1v) is 4.17. The van der Waals surface area contributed by atoms with Gasteiger partial charge in [-0.15, -0.1) is 13.2 Å². The van der Waals surface area contributed by atoms with Gasteiger partial charge in [-0.25, -0.2) is 0 Å². The van der Waals surface area contributed by atoms with Crippen LogP contribution in [0.15, 0.2) is 35.3 Å². The molecule has 4 nitrogen and oxygen atoms in total. The molecule has 3 N–H and O–H groups in total. The third-order valence-electron chi connectivity index (χ3n) is 1.52. The predicted molar refractivity (Wildman–Crippen MR) is 51.6 cm³/mol. The Hall–Kier alpha value is -2.05. The maximum Gasteiger partial charge on any atom is 0.506 e. The molecule has 0 aliphatic heterocycles. The smallest absolute Gasteiger partial charge is 0.369 e. The van der Waals surface area contributed by atoms with Crippen LogP contribution in [0.4, 0.5) is 13.2 Å². The minimum Gasteiger partial charge on any atom is -0.369 e. The molecule has 1 aromatic carbocycles. The molecule has 86 valence electrons. The Kier molecular flexibility index (Phi) is 3.49. The number of benzene rings is 1. The Morgan fingerprint density at radius 3 is 2.31 bits per heavy atom. The van der Waals surface area contributed by atoms with Crippen molar-refractivity contribution < 1.29 is 18.0 Å². The first-order chi connectivity index (χ1) is 7.38. The van der Waals surface area contributed by atoms with E-state index in [4.69, 9.17) is 5.73 Å². The summed E-state index contributed by atoms with van der Waals surface area (Å²) in [4.78, 5) is 13.4. The van der Waals surface area contributed by atoms with Crippen molar-refractivity contribution in [2.24, 2.45) is 10.7 Å². The number of rotatable bonds is 1. The van der Waals surface area contributed by atoms with Crippen LogP contribution in [-0.2, 0) is 0 Å². The van der Waals surface area contributed by atoms with Crippen molar-refractivity contribution in [1.82, 2.24) is 5.32 Å². The molecule has 0 heterocycles. The molecule has 1 rings (SSSR count). The zero-order chi connectivity index (χ0) is 12.2. The molecule has 1 aromatic rings. The van der Waals surface area contributed by atoms with E-state index in [9.17, 15) is 18.0 Å². The Bertz CT molecular complexity index is 400. The molecule has 0 atom stereocenters. The van der Waals surface area contributed by atoms with Gasteiger partial charge in [-0.3, -0.25) is 10.1 Å². The summed E-state index contributed by atoms with van der Waals surface area (Å²) >= 11 is 0. The lowest BCUT2D eigenvalue weighted by molar-refractivity contribution is -0.119. The van der Waals surface area contributed by atoms with E-state index in [1.165, 1.54) is 12.1 Å². The van der Waals surface area contributed by atoms with Crippen molar-refractivity contribution in [1.29, 1.82) is 0 Å². The van der Waals surface area contributed by atoms with E-state index >= 15 is 0 Å². The van der Waals surface area contributed by atoms with Crippen molar-refractivity contribution in [2.75, 3.05) is 0 Å². The maximum absolute atomic E-state index is 11.7. The molecular formula is C9H8F3N3O. The highest BCUT2D eigenvalue weighted by Crippen LogP contribution is 2.15. The highest BCUT2D eigenvalue weighted by molar-refractivity contribution is 6.05. The normalized spacial score (nSPS) is 12.3. The molecular weight excluding hydrogens is 223 g/mol. The van der Waals surface area contributed by atoms with Crippen LogP contribution in [0.1, 0.15) is 10.4 Å². The quantitative estimate of drug-likeness (QED) is 0.434. The third kappa shape index (κ3) is 3.99. The van der Waals surface area contributed by atoms with Crippen molar-refractivity contribution in [2.45, 2.75) is 6.30 Å². The summed E-state index contributed by atoms with van der Waals surface area (Å²) in [6.45, 7) is 0. The summed E-state index contributed by atoms with van der Waals surface area (Å²) in [5.41, 5.74) is 5.09. The molecule has 0 saturated carbocycles. The van der Waals surface area contributed by atoms with Gasteiger partial charge in [0.2, 0.25) is 5.96 Å². The first kappa shape index (κ1) is 12.0. The summed E-state index contributed by atoms with van der Waals surface area (Å²) < 4.78 is 35.2. The first-order valence-electron chi connectivity index (χ1n) is 4.17. The second kappa shape index (κ2) is 4.65. The van der Waals surface area contributed by atoms with Crippen LogP contribution in [-0.4, -0.2) is 18.2 Å². The Morgan fingerprint density at radius 1 is 1.25 bits per heavy atom. The number of hydrogen-bond acceptors (Lipinski definition) is 2. The zero-order valence-electron chi connectivity index (χ0n) is 7.95. The number of guanidine groups is 1. The van der Waals surface area contributed by atoms with Gasteiger partial charge in [0.05, 0.1) is 0 Å². The summed E-state index contributed by atoms with van der Waals surface area (Å²) in [7, 11) is 0. The highest BCUT2D eigenvalue weighted by Gasteiger charge is 2.27. The van der Waals surface area contributed by atoms with Crippen LogP contribution in [0.5, 0.6) is 0 Å². The topological polar surface area (TPSA) is 67.5 Å². The lowest BCUT2D eigenvalue weighted by Crippen LogP contribution is -2.38. The van der Waals surface area contributed by atoms with Gasteiger partial charge < -0.3 is 5.73 Å². The molecule has 0 aromatic heterocycles. The number of halogens is 3. The summed E-state index contributed by atoms with van der Waals surface area (Å²) in [5.74, 6) is -1.73. The number of carbonyl (C=O) groups excluding carboxylic acids is 1. The average molecular weight is 231 g/mol. The van der Waals surface area contributed by atoms with E-state index in [0.717, 1.165) is 0 Å². The average Bonchev–Trinajstić information content (AvgIpc) is 2.16. The highest BCUT2D eigenvalue weighted by atomic mass is 19.4. The van der Waals surface area contributed by atoms with Gasteiger partial charge in [0.1, 0.15) is 0 Å². The van der Waals surface area contributed by atoms with Crippen LogP contribution >= 0.6 is 0 Å². The second-order valence-electron chi connectivity index (χ2n) is 2.79. The molecule has 0 saturated heterocycles. The Morgan fingerprint density at radius 2 is 1.81 bits per heavy atom. The summed E-state index contributed by atoms with van der Waals surface area (Å²) in [5, 5.41) is 1.82. The van der Waals surface area contributed by atoms with Gasteiger partial charge in [0.15, 0.2) is 0 Å². The van der Waals surface area contributed by atoms with Crippen molar-refractivity contribution in [3.8, 4) is 0 Å². The van der Waals surface area contributed by atoms with E-state index in [2.05, 4.69) is 4.99 Å². The number of carbonyl (C=O) groups is 1. The number of aliphatic imine (C=N–C) groups is 1. The second-order valence-corrected chi connectivity index (χ2v) is 2.79. The van der Waals surface area contributed by atoms with Crippen LogP contribution in [0.25, 0.3) is 0 Å². The predicted octanol–water partition coefficient (Wildman–Crippen LogP) is 1.25. The number of hydrogen-bond donors (Lipinski definition) is 2. The lowest BCUT2D eigenvalue weighted by Gasteiger charge is -2.05. The van der Waals surface area contributed by atoms with Gasteiger partial charge in [-0.1, -0.05) is 18.2 Å². The molecule has 7 heteroatoms. The van der Waals surface area contributed by atoms with E-state index in [0.29, 0.717) is 0 Å². The minimum atomic E-state index is -4.80. The Labute approximate surface area is 89.0 Å². The SMILES string of the molecule is NC(=NC(F)(F)F)NC(=O)c1ccccc1. The maximum atomic E-state index is 11.7. The number of nitrogens with two attached hydrogens (primary N) is 1. The van der Waals surface area contributed by atoms with E-state index < -0.39 is 18.2 Å². The number of alkyl halides is 3. The molecule has 0 unspecified atom stereocenters. The molecule has 0 bridgehead atoms. The molecule has 0 fully saturated rings. The summed E-state index contributed by atoms with van der Waals surface area (Å²) in [6, 6.07) is 7.70. The molecule has 0 aliphatic rings. The van der Waals surface area contributed by atoms with Gasteiger partial charge in [-0.2, -0.15) is 4.99 Å². The van der Waals surface area contributed by atoms with E-state index in [-0.39, 0.29) is 5.56 Å². The van der Waals surface area contributed by atoms with Crippen LogP contribution in [0, 0.1) is 0 Å². The fourth-order valence-corrected chi connectivity index (χ4v) is 0.943. The van der Waals surface area contributed by atoms with Crippen molar-refractivity contribution >= 4 is 11.9 Å². The zero-order valence-corrected chi connectivity index (χ0v) is 7.95. The third-order valence-corrected chi connectivity index (χ3v) is 1.52. The standard InChI is InChI=1S/C9H8F3N3O/c10-9(11,12)15-8(13)14-7(16)6-4-2-1-3-5-6/h1-5H,(H3,13,14,15,16). The fraction of sp³-hybridized carbons (Fsp3) is 0.111. The summed E-state index contributed by atoms with van der Waals surface area (Å²) in [6.07, 6.45) is -4.80. The van der Waals surface area contributed by atoms with E-state index in [1.54, 1.807) is 18.2 Å². The van der Waals surface area contributed by atoms with Crippen LogP contribution in [0.3, 0.4) is 0 Å². The van der Waals surface area contributed by atoms with Crippen molar-refractivity contribution in [3.05, 3.63) is 35.9 Å². The monoisotopic (exact) mass is 231 g/mol. The lowest BCUT2D eigenvalue weighted by atomic mass is 10.2. The number of nitrogens with one attached hydrogen (secondary N) is 1. The van der Waals surface area contributed by atoms with Crippen LogP contribution < -0.4 is 11.1 Å².